The standard InChI is InChI=1S/C16H18FN3O4/c1-2-24-16(23)19-7-5-11(6-8-19)20-14(21)12-9-10(17)3-4-13(12)18-15(20)22/h3-4,9,11-12H,2,5-8H2,1H3. The normalized spacial score (nSPS) is 24.5. The Labute approximate surface area is 138 Å². The van der Waals surface area contributed by atoms with Gasteiger partial charge in [-0.05, 0) is 38.0 Å². The number of amides is 4. The third-order valence-electron chi connectivity index (χ3n) is 4.35. The average Bonchev–Trinajstić information content (AvgIpc) is 2.56. The van der Waals surface area contributed by atoms with E-state index in [9.17, 15) is 18.8 Å². The number of carbonyl (C=O) groups is 3. The van der Waals surface area contributed by atoms with Gasteiger partial charge in [-0.3, -0.25) is 9.69 Å². The van der Waals surface area contributed by atoms with Gasteiger partial charge in [-0.15, -0.1) is 0 Å². The first kappa shape index (κ1) is 16.4. The van der Waals surface area contributed by atoms with Crippen LogP contribution in [0.1, 0.15) is 19.8 Å². The van der Waals surface area contributed by atoms with Crippen molar-refractivity contribution in [3.63, 3.8) is 0 Å². The summed E-state index contributed by atoms with van der Waals surface area (Å²) in [4.78, 5) is 43.1. The zero-order valence-corrected chi connectivity index (χ0v) is 13.3. The molecule has 24 heavy (non-hydrogen) atoms. The lowest BCUT2D eigenvalue weighted by Gasteiger charge is -2.38. The van der Waals surface area contributed by atoms with Gasteiger partial charge in [-0.1, -0.05) is 0 Å². The zero-order chi connectivity index (χ0) is 17.3. The van der Waals surface area contributed by atoms with Crippen LogP contribution in [0.25, 0.3) is 0 Å². The van der Waals surface area contributed by atoms with Crippen LogP contribution in [0.5, 0.6) is 0 Å². The molecule has 7 nitrogen and oxygen atoms in total. The molecule has 128 valence electrons. The van der Waals surface area contributed by atoms with Gasteiger partial charge < -0.3 is 9.64 Å². The van der Waals surface area contributed by atoms with E-state index in [-0.39, 0.29) is 11.8 Å². The number of piperidine rings is 1. The van der Waals surface area contributed by atoms with Crippen LogP contribution >= 0.6 is 0 Å². The van der Waals surface area contributed by atoms with Gasteiger partial charge in [0.05, 0.1) is 12.3 Å². The number of hydrogen-bond acceptors (Lipinski definition) is 4. The van der Waals surface area contributed by atoms with Crippen molar-refractivity contribution >= 4 is 23.7 Å². The molecule has 0 bridgehead atoms. The zero-order valence-electron chi connectivity index (χ0n) is 13.3. The van der Waals surface area contributed by atoms with E-state index >= 15 is 0 Å². The van der Waals surface area contributed by atoms with E-state index in [1.807, 2.05) is 0 Å². The van der Waals surface area contributed by atoms with E-state index in [0.717, 1.165) is 4.90 Å². The molecule has 1 atom stereocenters. The van der Waals surface area contributed by atoms with E-state index in [1.165, 1.54) is 18.2 Å². The van der Waals surface area contributed by atoms with Crippen LogP contribution in [-0.2, 0) is 9.53 Å². The fourth-order valence-electron chi connectivity index (χ4n) is 3.14. The molecule has 1 fully saturated rings. The molecule has 1 saturated heterocycles. The van der Waals surface area contributed by atoms with Crippen LogP contribution in [0.15, 0.2) is 29.0 Å². The van der Waals surface area contributed by atoms with Gasteiger partial charge >= 0.3 is 12.1 Å². The lowest BCUT2D eigenvalue weighted by Crippen LogP contribution is -2.54. The summed E-state index contributed by atoms with van der Waals surface area (Å²) in [7, 11) is 0. The fraction of sp³-hybridized carbons (Fsp3) is 0.500. The highest BCUT2D eigenvalue weighted by molar-refractivity contribution is 6.21. The van der Waals surface area contributed by atoms with E-state index in [0.29, 0.717) is 32.5 Å². The fourth-order valence-corrected chi connectivity index (χ4v) is 3.14. The highest BCUT2D eigenvalue weighted by Gasteiger charge is 2.41. The Hall–Kier alpha value is -2.51. The molecule has 2 aliphatic heterocycles. The highest BCUT2D eigenvalue weighted by atomic mass is 19.1. The third kappa shape index (κ3) is 2.95. The van der Waals surface area contributed by atoms with Crippen LogP contribution in [0.3, 0.4) is 0 Å². The maximum absolute atomic E-state index is 13.4. The Morgan fingerprint density at radius 1 is 1.33 bits per heavy atom. The molecule has 0 aromatic carbocycles. The van der Waals surface area contributed by atoms with Gasteiger partial charge in [0, 0.05) is 19.1 Å². The van der Waals surface area contributed by atoms with E-state index in [4.69, 9.17) is 4.74 Å². The SMILES string of the molecule is CCOC(=O)N1CCC(N2C(=O)N=C3C=CC(F)=CC3C2=O)CC1. The Bertz CT molecular complexity index is 662. The summed E-state index contributed by atoms with van der Waals surface area (Å²) < 4.78 is 18.4. The maximum atomic E-state index is 13.4. The Morgan fingerprint density at radius 2 is 2.04 bits per heavy atom. The van der Waals surface area contributed by atoms with Crippen molar-refractivity contribution < 1.29 is 23.5 Å². The number of rotatable bonds is 2. The van der Waals surface area contributed by atoms with Gasteiger partial charge in [0.1, 0.15) is 11.7 Å². The quantitative estimate of drug-likeness (QED) is 0.773. The second-order valence-electron chi connectivity index (χ2n) is 5.81. The Kier molecular flexibility index (Phi) is 4.46. The molecule has 3 rings (SSSR count). The summed E-state index contributed by atoms with van der Waals surface area (Å²) in [6, 6.07) is -0.968. The minimum Gasteiger partial charge on any atom is -0.450 e. The third-order valence-corrected chi connectivity index (χ3v) is 4.35. The number of likely N-dealkylation sites (tertiary alicyclic amines) is 1. The van der Waals surface area contributed by atoms with E-state index in [2.05, 4.69) is 4.99 Å². The molecule has 0 aromatic rings. The molecule has 0 spiro atoms. The molecule has 8 heteroatoms. The number of allylic oxidation sites excluding steroid dienone is 3. The van der Waals surface area contributed by atoms with Crippen molar-refractivity contribution in [2.45, 2.75) is 25.8 Å². The topological polar surface area (TPSA) is 79.3 Å². The number of aliphatic imine (C=N–C) groups is 1. The Morgan fingerprint density at radius 3 is 2.71 bits per heavy atom. The molecule has 3 aliphatic rings. The molecule has 1 unspecified atom stereocenters. The summed E-state index contributed by atoms with van der Waals surface area (Å²) >= 11 is 0. The van der Waals surface area contributed by atoms with Gasteiger partial charge in [-0.25, -0.2) is 14.0 Å². The maximum Gasteiger partial charge on any atom is 0.409 e. The lowest BCUT2D eigenvalue weighted by atomic mass is 9.92. The number of urea groups is 1. The summed E-state index contributed by atoms with van der Waals surface area (Å²) in [6.07, 6.45) is 4.23. The second kappa shape index (κ2) is 6.54. The molecular formula is C16H18FN3O4. The molecule has 1 aliphatic carbocycles. The minimum absolute atomic E-state index is 0.270. The van der Waals surface area contributed by atoms with E-state index < -0.39 is 29.8 Å². The molecule has 0 saturated carbocycles. The monoisotopic (exact) mass is 335 g/mol. The first-order valence-corrected chi connectivity index (χ1v) is 7.94. The molecule has 0 radical (unpaired) electrons. The van der Waals surface area contributed by atoms with Gasteiger partial charge in [0.15, 0.2) is 0 Å². The van der Waals surface area contributed by atoms with Crippen LogP contribution in [0.4, 0.5) is 14.0 Å². The smallest absolute Gasteiger partial charge is 0.409 e. The predicted octanol–water partition coefficient (Wildman–Crippen LogP) is 2.05. The first-order valence-electron chi connectivity index (χ1n) is 7.94. The molecule has 2 heterocycles. The predicted molar refractivity (Wildman–Crippen MR) is 83.1 cm³/mol. The number of nitrogens with zero attached hydrogens (tertiary/aromatic N) is 3. The summed E-state index contributed by atoms with van der Waals surface area (Å²) in [5.41, 5.74) is 0.270. The van der Waals surface area contributed by atoms with Crippen molar-refractivity contribution in [3.05, 3.63) is 24.1 Å². The van der Waals surface area contributed by atoms with Crippen LogP contribution in [-0.4, -0.2) is 59.3 Å². The highest BCUT2D eigenvalue weighted by Crippen LogP contribution is 2.27. The number of imide groups is 1. The van der Waals surface area contributed by atoms with E-state index in [1.54, 1.807) is 11.8 Å². The lowest BCUT2D eigenvalue weighted by molar-refractivity contribution is -0.131. The Balaban J connectivity index is 1.71. The van der Waals surface area contributed by atoms with Crippen LogP contribution in [0, 0.1) is 5.92 Å². The summed E-state index contributed by atoms with van der Waals surface area (Å²) in [5.74, 6) is -1.83. The number of fused-ring (bicyclic) bond motifs is 1. The van der Waals surface area contributed by atoms with Crippen molar-refractivity contribution in [1.29, 1.82) is 0 Å². The van der Waals surface area contributed by atoms with Crippen molar-refractivity contribution in [2.24, 2.45) is 10.9 Å². The minimum atomic E-state index is -0.851. The summed E-state index contributed by atoms with van der Waals surface area (Å²) in [6.45, 7) is 2.82. The second-order valence-corrected chi connectivity index (χ2v) is 5.81. The number of halogens is 1. The van der Waals surface area contributed by atoms with Gasteiger partial charge in [0.2, 0.25) is 5.91 Å². The van der Waals surface area contributed by atoms with Crippen LogP contribution < -0.4 is 0 Å². The average molecular weight is 335 g/mol. The molecular weight excluding hydrogens is 317 g/mol. The number of ether oxygens (including phenoxy) is 1. The largest absolute Gasteiger partial charge is 0.450 e. The molecule has 0 aromatic heterocycles. The van der Waals surface area contributed by atoms with Crippen molar-refractivity contribution in [1.82, 2.24) is 9.80 Å². The summed E-state index contributed by atoms with van der Waals surface area (Å²) in [5, 5.41) is 0. The van der Waals surface area contributed by atoms with Crippen molar-refractivity contribution in [2.75, 3.05) is 19.7 Å². The van der Waals surface area contributed by atoms with Gasteiger partial charge in [0.25, 0.3) is 0 Å². The number of hydrogen-bond donors (Lipinski definition) is 0. The van der Waals surface area contributed by atoms with Crippen LogP contribution in [0.2, 0.25) is 0 Å². The molecule has 0 N–H and O–H groups in total. The first-order chi connectivity index (χ1) is 11.5. The van der Waals surface area contributed by atoms with Gasteiger partial charge in [-0.2, -0.15) is 4.99 Å². The molecule has 4 amide bonds. The number of carbonyl (C=O) groups excluding carboxylic acids is 3. The van der Waals surface area contributed by atoms with Crippen molar-refractivity contribution in [3.8, 4) is 0 Å².